The molecule has 4 nitrogen and oxygen atoms in total. The van der Waals surface area contributed by atoms with E-state index in [-0.39, 0.29) is 12.0 Å². The Bertz CT molecular complexity index is 226. The van der Waals surface area contributed by atoms with Crippen LogP contribution in [-0.2, 0) is 9.53 Å². The maximum Gasteiger partial charge on any atom is 0.304 e. The molecule has 0 radical (unpaired) electrons. The SMILES string of the molecule is CCC1(CC)CC(NCCC(=O)O)CCO1. The largest absolute Gasteiger partial charge is 0.481 e. The molecular weight excluding hydrogens is 206 g/mol. The molecule has 0 aromatic carbocycles. The van der Waals surface area contributed by atoms with Crippen molar-refractivity contribution in [2.45, 2.75) is 57.6 Å². The van der Waals surface area contributed by atoms with Gasteiger partial charge in [0.1, 0.15) is 0 Å². The molecule has 1 fully saturated rings. The van der Waals surface area contributed by atoms with Crippen LogP contribution in [0.25, 0.3) is 0 Å². The third kappa shape index (κ3) is 3.76. The minimum absolute atomic E-state index is 0.0130. The highest BCUT2D eigenvalue weighted by atomic mass is 16.5. The number of hydrogen-bond acceptors (Lipinski definition) is 3. The lowest BCUT2D eigenvalue weighted by molar-refractivity contribution is -0.137. The van der Waals surface area contributed by atoms with E-state index < -0.39 is 5.97 Å². The standard InChI is InChI=1S/C12H23NO3/c1-3-12(4-2)9-10(6-8-16-12)13-7-5-11(14)15/h10,13H,3-9H2,1-2H3,(H,14,15). The predicted molar refractivity (Wildman–Crippen MR) is 62.5 cm³/mol. The highest BCUT2D eigenvalue weighted by Crippen LogP contribution is 2.31. The summed E-state index contributed by atoms with van der Waals surface area (Å²) in [5.41, 5.74) is 0.0130. The van der Waals surface area contributed by atoms with E-state index in [1.807, 2.05) is 0 Å². The molecule has 0 aromatic rings. The van der Waals surface area contributed by atoms with E-state index >= 15 is 0 Å². The van der Waals surface area contributed by atoms with Gasteiger partial charge in [0.25, 0.3) is 0 Å². The monoisotopic (exact) mass is 229 g/mol. The lowest BCUT2D eigenvalue weighted by Crippen LogP contribution is -2.46. The second kappa shape index (κ2) is 6.21. The lowest BCUT2D eigenvalue weighted by atomic mass is 9.86. The first-order valence-electron chi connectivity index (χ1n) is 6.21. The zero-order chi connectivity index (χ0) is 12.0. The van der Waals surface area contributed by atoms with Crippen LogP contribution in [0.1, 0.15) is 46.0 Å². The van der Waals surface area contributed by atoms with Crippen molar-refractivity contribution in [1.29, 1.82) is 0 Å². The molecule has 0 amide bonds. The fraction of sp³-hybridized carbons (Fsp3) is 0.917. The minimum atomic E-state index is -0.739. The zero-order valence-corrected chi connectivity index (χ0v) is 10.3. The van der Waals surface area contributed by atoms with E-state index in [2.05, 4.69) is 19.2 Å². The molecule has 94 valence electrons. The van der Waals surface area contributed by atoms with Crippen LogP contribution in [0, 0.1) is 0 Å². The molecule has 1 aliphatic rings. The number of carboxylic acids is 1. The summed E-state index contributed by atoms with van der Waals surface area (Å²) in [4.78, 5) is 10.4. The lowest BCUT2D eigenvalue weighted by Gasteiger charge is -2.40. The van der Waals surface area contributed by atoms with Crippen molar-refractivity contribution in [1.82, 2.24) is 5.32 Å². The van der Waals surface area contributed by atoms with E-state index in [4.69, 9.17) is 9.84 Å². The molecule has 1 rings (SSSR count). The Morgan fingerprint density at radius 1 is 1.50 bits per heavy atom. The van der Waals surface area contributed by atoms with Gasteiger partial charge in [0, 0.05) is 19.2 Å². The summed E-state index contributed by atoms with van der Waals surface area (Å²) in [6.45, 7) is 5.65. The topological polar surface area (TPSA) is 58.6 Å². The van der Waals surface area contributed by atoms with Gasteiger partial charge in [0.15, 0.2) is 0 Å². The Hall–Kier alpha value is -0.610. The minimum Gasteiger partial charge on any atom is -0.481 e. The van der Waals surface area contributed by atoms with Gasteiger partial charge in [-0.05, 0) is 25.7 Å². The third-order valence-electron chi connectivity index (χ3n) is 3.55. The Kier molecular flexibility index (Phi) is 5.22. The molecule has 16 heavy (non-hydrogen) atoms. The predicted octanol–water partition coefficient (Wildman–Crippen LogP) is 1.79. The number of hydrogen-bond donors (Lipinski definition) is 2. The Morgan fingerprint density at radius 2 is 2.19 bits per heavy atom. The van der Waals surface area contributed by atoms with Crippen molar-refractivity contribution in [3.05, 3.63) is 0 Å². The van der Waals surface area contributed by atoms with Crippen molar-refractivity contribution < 1.29 is 14.6 Å². The van der Waals surface area contributed by atoms with Gasteiger partial charge in [0.2, 0.25) is 0 Å². The van der Waals surface area contributed by atoms with Gasteiger partial charge < -0.3 is 15.2 Å². The number of ether oxygens (including phenoxy) is 1. The van der Waals surface area contributed by atoms with E-state index in [9.17, 15) is 4.79 Å². The summed E-state index contributed by atoms with van der Waals surface area (Å²) in [5, 5.41) is 11.9. The number of nitrogens with one attached hydrogen (secondary N) is 1. The van der Waals surface area contributed by atoms with E-state index in [0.717, 1.165) is 32.3 Å². The number of carbonyl (C=O) groups is 1. The summed E-state index contributed by atoms with van der Waals surface area (Å²) in [5.74, 6) is -0.739. The second-order valence-electron chi connectivity index (χ2n) is 4.53. The summed E-state index contributed by atoms with van der Waals surface area (Å²) >= 11 is 0. The van der Waals surface area contributed by atoms with Crippen molar-refractivity contribution in [2.75, 3.05) is 13.2 Å². The Morgan fingerprint density at radius 3 is 2.75 bits per heavy atom. The molecule has 1 atom stereocenters. The van der Waals surface area contributed by atoms with Crippen molar-refractivity contribution in [2.24, 2.45) is 0 Å². The van der Waals surface area contributed by atoms with Crippen LogP contribution in [0.3, 0.4) is 0 Å². The first kappa shape index (κ1) is 13.5. The van der Waals surface area contributed by atoms with Crippen LogP contribution < -0.4 is 5.32 Å². The molecule has 0 aromatic heterocycles. The van der Waals surface area contributed by atoms with Gasteiger partial charge in [-0.15, -0.1) is 0 Å². The van der Waals surface area contributed by atoms with Gasteiger partial charge in [-0.2, -0.15) is 0 Å². The fourth-order valence-corrected chi connectivity index (χ4v) is 2.33. The van der Waals surface area contributed by atoms with E-state index in [1.54, 1.807) is 0 Å². The second-order valence-corrected chi connectivity index (χ2v) is 4.53. The molecule has 1 heterocycles. The number of carboxylic acid groups (broad SMARTS) is 1. The number of rotatable bonds is 6. The average Bonchev–Trinajstić information content (AvgIpc) is 2.29. The van der Waals surface area contributed by atoms with Crippen molar-refractivity contribution in [3.8, 4) is 0 Å². The van der Waals surface area contributed by atoms with Gasteiger partial charge in [0.05, 0.1) is 12.0 Å². The summed E-state index contributed by atoms with van der Waals surface area (Å²) in [7, 11) is 0. The number of aliphatic carboxylic acids is 1. The van der Waals surface area contributed by atoms with E-state index in [1.165, 1.54) is 0 Å². The fourth-order valence-electron chi connectivity index (χ4n) is 2.33. The normalized spacial score (nSPS) is 24.2. The van der Waals surface area contributed by atoms with Crippen LogP contribution >= 0.6 is 0 Å². The molecule has 4 heteroatoms. The Labute approximate surface area is 97.4 Å². The molecule has 0 saturated carbocycles. The van der Waals surface area contributed by atoms with Gasteiger partial charge >= 0.3 is 5.97 Å². The third-order valence-corrected chi connectivity index (χ3v) is 3.55. The molecular formula is C12H23NO3. The molecule has 1 saturated heterocycles. The highest BCUT2D eigenvalue weighted by Gasteiger charge is 2.34. The first-order chi connectivity index (χ1) is 7.62. The maximum absolute atomic E-state index is 10.4. The van der Waals surface area contributed by atoms with E-state index in [0.29, 0.717) is 12.6 Å². The summed E-state index contributed by atoms with van der Waals surface area (Å²) < 4.78 is 5.87. The quantitative estimate of drug-likeness (QED) is 0.729. The van der Waals surface area contributed by atoms with Gasteiger partial charge in [-0.3, -0.25) is 4.79 Å². The van der Waals surface area contributed by atoms with Gasteiger partial charge in [-0.25, -0.2) is 0 Å². The molecule has 0 spiro atoms. The summed E-state index contributed by atoms with van der Waals surface area (Å²) in [6, 6.07) is 0.410. The molecule has 2 N–H and O–H groups in total. The highest BCUT2D eigenvalue weighted by molar-refractivity contribution is 5.66. The zero-order valence-electron chi connectivity index (χ0n) is 10.3. The maximum atomic E-state index is 10.4. The molecule has 1 aliphatic heterocycles. The van der Waals surface area contributed by atoms with Crippen molar-refractivity contribution >= 4 is 5.97 Å². The van der Waals surface area contributed by atoms with Crippen LogP contribution in [0.4, 0.5) is 0 Å². The molecule has 0 bridgehead atoms. The average molecular weight is 229 g/mol. The van der Waals surface area contributed by atoms with Crippen LogP contribution in [0.15, 0.2) is 0 Å². The van der Waals surface area contributed by atoms with Crippen LogP contribution in [0.5, 0.6) is 0 Å². The van der Waals surface area contributed by atoms with Crippen molar-refractivity contribution in [3.63, 3.8) is 0 Å². The van der Waals surface area contributed by atoms with Crippen LogP contribution in [-0.4, -0.2) is 35.9 Å². The van der Waals surface area contributed by atoms with Gasteiger partial charge in [-0.1, -0.05) is 13.8 Å². The first-order valence-corrected chi connectivity index (χ1v) is 6.21. The summed E-state index contributed by atoms with van der Waals surface area (Å²) in [6.07, 6.45) is 4.24. The molecule has 0 aliphatic carbocycles. The molecule has 1 unspecified atom stereocenters. The Balaban J connectivity index is 2.35. The smallest absolute Gasteiger partial charge is 0.304 e. The van der Waals surface area contributed by atoms with Crippen LogP contribution in [0.2, 0.25) is 0 Å².